The summed E-state index contributed by atoms with van der Waals surface area (Å²) in [5.74, 6) is 1.38. The molecule has 2 heterocycles. The van der Waals surface area contributed by atoms with Crippen LogP contribution in [0.2, 0.25) is 0 Å². The molecule has 1 aliphatic rings. The lowest BCUT2D eigenvalue weighted by Gasteiger charge is -2.29. The fourth-order valence-electron chi connectivity index (χ4n) is 2.06. The maximum absolute atomic E-state index is 10.3. The second-order valence-electron chi connectivity index (χ2n) is 4.24. The molecular weight excluding hydrogens is 232 g/mol. The van der Waals surface area contributed by atoms with Crippen molar-refractivity contribution in [2.45, 2.75) is 12.2 Å². The fourth-order valence-corrected chi connectivity index (χ4v) is 2.06. The van der Waals surface area contributed by atoms with Crippen LogP contribution in [0.4, 0.5) is 0 Å². The number of hydrogen-bond donors (Lipinski definition) is 1. The number of fused-ring (bicyclic) bond motifs is 1. The topological polar surface area (TPSA) is 56.5 Å². The molecule has 94 valence electrons. The number of nitrogens with zero attached hydrogens (tertiary/aromatic N) is 2. The summed E-state index contributed by atoms with van der Waals surface area (Å²) in [6.07, 6.45) is 0.470. The zero-order valence-corrected chi connectivity index (χ0v) is 9.98. The summed E-state index contributed by atoms with van der Waals surface area (Å²) in [4.78, 5) is 0. The highest BCUT2D eigenvalue weighted by Crippen LogP contribution is 2.34. The van der Waals surface area contributed by atoms with Gasteiger partial charge < -0.3 is 14.6 Å². The summed E-state index contributed by atoms with van der Waals surface area (Å²) >= 11 is 0. The molecule has 0 bridgehead atoms. The minimum atomic E-state index is -0.758. The van der Waals surface area contributed by atoms with Crippen molar-refractivity contribution in [3.8, 4) is 11.5 Å². The third-order valence-corrected chi connectivity index (χ3v) is 3.04. The molecule has 1 N–H and O–H groups in total. The Kier molecular flexibility index (Phi) is 2.68. The molecule has 18 heavy (non-hydrogen) atoms. The van der Waals surface area contributed by atoms with Crippen LogP contribution in [-0.2, 0) is 7.05 Å². The lowest BCUT2D eigenvalue weighted by molar-refractivity contribution is -0.0149. The van der Waals surface area contributed by atoms with Crippen molar-refractivity contribution in [2.75, 3.05) is 6.61 Å². The number of hydrogen-bond acceptors (Lipinski definition) is 4. The molecule has 1 aromatic heterocycles. The molecule has 5 heteroatoms. The molecule has 0 amide bonds. The zero-order valence-electron chi connectivity index (χ0n) is 9.98. The van der Waals surface area contributed by atoms with Crippen molar-refractivity contribution in [1.29, 1.82) is 0 Å². The molecule has 5 nitrogen and oxygen atoms in total. The molecule has 0 spiro atoms. The Labute approximate surface area is 105 Å². The smallest absolute Gasteiger partial charge is 0.164 e. The van der Waals surface area contributed by atoms with E-state index in [1.807, 2.05) is 24.3 Å². The maximum atomic E-state index is 10.3. The predicted molar refractivity (Wildman–Crippen MR) is 64.5 cm³/mol. The first-order valence-corrected chi connectivity index (χ1v) is 5.80. The van der Waals surface area contributed by atoms with Crippen LogP contribution in [0.5, 0.6) is 11.5 Å². The number of rotatable bonds is 2. The zero-order chi connectivity index (χ0) is 12.5. The van der Waals surface area contributed by atoms with E-state index in [4.69, 9.17) is 9.47 Å². The van der Waals surface area contributed by atoms with E-state index in [9.17, 15) is 5.11 Å². The van der Waals surface area contributed by atoms with Crippen LogP contribution in [-0.4, -0.2) is 27.6 Å². The summed E-state index contributed by atoms with van der Waals surface area (Å²) < 4.78 is 13.0. The van der Waals surface area contributed by atoms with E-state index in [1.54, 1.807) is 24.0 Å². The van der Waals surface area contributed by atoms with Crippen molar-refractivity contribution < 1.29 is 14.6 Å². The summed E-state index contributed by atoms with van der Waals surface area (Å²) in [5.41, 5.74) is 0.711. The van der Waals surface area contributed by atoms with Gasteiger partial charge in [-0.25, -0.2) is 0 Å². The molecule has 0 aliphatic carbocycles. The van der Waals surface area contributed by atoms with E-state index in [-0.39, 0.29) is 0 Å². The van der Waals surface area contributed by atoms with Crippen LogP contribution in [0.15, 0.2) is 36.5 Å². The van der Waals surface area contributed by atoms with Crippen LogP contribution in [0.3, 0.4) is 0 Å². The first kappa shape index (κ1) is 11.1. The first-order chi connectivity index (χ1) is 8.75. The average Bonchev–Trinajstić information content (AvgIpc) is 2.83. The molecule has 2 unspecified atom stereocenters. The van der Waals surface area contributed by atoms with E-state index in [2.05, 4.69) is 5.10 Å². The van der Waals surface area contributed by atoms with Gasteiger partial charge in [0, 0.05) is 13.2 Å². The van der Waals surface area contributed by atoms with Crippen molar-refractivity contribution in [3.05, 3.63) is 42.2 Å². The molecule has 2 aromatic rings. The standard InChI is InChI=1S/C13H14N2O3/c1-15-9(6-7-14-15)13(16)12-8-17-10-4-2-3-5-11(10)18-12/h2-7,12-13,16H,8H2,1H3. The minimum absolute atomic E-state index is 0.323. The van der Waals surface area contributed by atoms with Crippen molar-refractivity contribution in [1.82, 2.24) is 9.78 Å². The highest BCUT2D eigenvalue weighted by molar-refractivity contribution is 5.40. The van der Waals surface area contributed by atoms with Gasteiger partial charge in [0.2, 0.25) is 0 Å². The first-order valence-electron chi connectivity index (χ1n) is 5.80. The summed E-state index contributed by atoms with van der Waals surface area (Å²) in [6, 6.07) is 9.22. The van der Waals surface area contributed by atoms with E-state index in [0.29, 0.717) is 23.8 Å². The number of aliphatic hydroxyl groups excluding tert-OH is 1. The van der Waals surface area contributed by atoms with Crippen molar-refractivity contribution in [2.24, 2.45) is 7.05 Å². The van der Waals surface area contributed by atoms with Crippen LogP contribution >= 0.6 is 0 Å². The Morgan fingerprint density at radius 1 is 1.33 bits per heavy atom. The Bertz CT molecular complexity index is 553. The molecule has 3 rings (SSSR count). The van der Waals surface area contributed by atoms with Crippen LogP contribution in [0.1, 0.15) is 11.8 Å². The highest BCUT2D eigenvalue weighted by atomic mass is 16.6. The fraction of sp³-hybridized carbons (Fsp3) is 0.308. The largest absolute Gasteiger partial charge is 0.486 e. The minimum Gasteiger partial charge on any atom is -0.486 e. The van der Waals surface area contributed by atoms with Crippen LogP contribution < -0.4 is 9.47 Å². The number of ether oxygens (including phenoxy) is 2. The average molecular weight is 246 g/mol. The van der Waals surface area contributed by atoms with Gasteiger partial charge in [-0.05, 0) is 18.2 Å². The second-order valence-corrected chi connectivity index (χ2v) is 4.24. The van der Waals surface area contributed by atoms with Gasteiger partial charge in [-0.1, -0.05) is 12.1 Å². The lowest BCUT2D eigenvalue weighted by Crippen LogP contribution is -2.35. The molecule has 1 aliphatic heterocycles. The molecule has 1 aromatic carbocycles. The normalized spacial score (nSPS) is 19.6. The summed E-state index contributed by atoms with van der Waals surface area (Å²) in [5, 5.41) is 14.3. The Morgan fingerprint density at radius 2 is 2.11 bits per heavy atom. The highest BCUT2D eigenvalue weighted by Gasteiger charge is 2.30. The van der Waals surface area contributed by atoms with Crippen molar-refractivity contribution in [3.63, 3.8) is 0 Å². The Balaban J connectivity index is 1.82. The van der Waals surface area contributed by atoms with Gasteiger partial charge >= 0.3 is 0 Å². The second kappa shape index (κ2) is 4.34. The molecular formula is C13H14N2O3. The van der Waals surface area contributed by atoms with Crippen LogP contribution in [0.25, 0.3) is 0 Å². The van der Waals surface area contributed by atoms with Gasteiger partial charge in [0.15, 0.2) is 17.6 Å². The van der Waals surface area contributed by atoms with Gasteiger partial charge in [-0.3, -0.25) is 4.68 Å². The van der Waals surface area contributed by atoms with Gasteiger partial charge in [0.25, 0.3) is 0 Å². The number of aryl methyl sites for hydroxylation is 1. The third-order valence-electron chi connectivity index (χ3n) is 3.04. The molecule has 0 fully saturated rings. The molecule has 0 saturated carbocycles. The Morgan fingerprint density at radius 3 is 2.83 bits per heavy atom. The van der Waals surface area contributed by atoms with Crippen molar-refractivity contribution >= 4 is 0 Å². The Hall–Kier alpha value is -2.01. The molecule has 0 radical (unpaired) electrons. The number of para-hydroxylation sites is 2. The van der Waals surface area contributed by atoms with E-state index >= 15 is 0 Å². The van der Waals surface area contributed by atoms with E-state index in [1.165, 1.54) is 0 Å². The third kappa shape index (κ3) is 1.82. The van der Waals surface area contributed by atoms with E-state index < -0.39 is 12.2 Å². The molecule has 0 saturated heterocycles. The van der Waals surface area contributed by atoms with E-state index in [0.717, 1.165) is 0 Å². The molecule has 2 atom stereocenters. The van der Waals surface area contributed by atoms with Gasteiger partial charge in [0.1, 0.15) is 12.7 Å². The van der Waals surface area contributed by atoms with Crippen LogP contribution in [0, 0.1) is 0 Å². The monoisotopic (exact) mass is 246 g/mol. The SMILES string of the molecule is Cn1nccc1C(O)C1COc2ccccc2O1. The predicted octanol–water partition coefficient (Wildman–Crippen LogP) is 1.29. The summed E-state index contributed by atoms with van der Waals surface area (Å²) in [7, 11) is 1.79. The quantitative estimate of drug-likeness (QED) is 0.867. The van der Waals surface area contributed by atoms with Gasteiger partial charge in [-0.15, -0.1) is 0 Å². The summed E-state index contributed by atoms with van der Waals surface area (Å²) in [6.45, 7) is 0.323. The lowest BCUT2D eigenvalue weighted by atomic mass is 10.1. The number of aliphatic hydroxyl groups is 1. The van der Waals surface area contributed by atoms with Gasteiger partial charge in [-0.2, -0.15) is 5.10 Å². The maximum Gasteiger partial charge on any atom is 0.164 e. The number of benzene rings is 1. The number of aromatic nitrogens is 2. The van der Waals surface area contributed by atoms with Gasteiger partial charge in [0.05, 0.1) is 5.69 Å².